The molecule has 174 valence electrons. The fourth-order valence-electron chi connectivity index (χ4n) is 4.82. The minimum Gasteiger partial charge on any atom is -0.494 e. The predicted octanol–water partition coefficient (Wildman–Crippen LogP) is 5.78. The van der Waals surface area contributed by atoms with Crippen LogP contribution < -0.4 is 9.64 Å². The van der Waals surface area contributed by atoms with Crippen LogP contribution >= 0.6 is 0 Å². The molecule has 0 saturated carbocycles. The molecule has 0 aliphatic carbocycles. The molecule has 0 radical (unpaired) electrons. The van der Waals surface area contributed by atoms with Gasteiger partial charge in [-0.15, -0.1) is 0 Å². The second-order valence-corrected chi connectivity index (χ2v) is 9.02. The molecule has 1 fully saturated rings. The molecule has 0 N–H and O–H groups in total. The summed E-state index contributed by atoms with van der Waals surface area (Å²) in [6.45, 7) is 6.03. The third-order valence-corrected chi connectivity index (χ3v) is 6.30. The highest BCUT2D eigenvalue weighted by molar-refractivity contribution is 5.96. The Labute approximate surface area is 198 Å². The maximum atomic E-state index is 13.4. The van der Waals surface area contributed by atoms with E-state index in [0.717, 1.165) is 41.3 Å². The van der Waals surface area contributed by atoms with E-state index in [1.165, 1.54) is 23.3 Å². The number of ether oxygens (including phenoxy) is 1. The summed E-state index contributed by atoms with van der Waals surface area (Å²) in [5.41, 5.74) is 5.10. The molecule has 6 heteroatoms. The molecule has 1 aliphatic rings. The summed E-state index contributed by atoms with van der Waals surface area (Å²) < 4.78 is 21.6. The molecule has 0 bridgehead atoms. The van der Waals surface area contributed by atoms with Crippen LogP contribution in [0.2, 0.25) is 0 Å². The number of anilines is 1. The first-order valence-electron chi connectivity index (χ1n) is 11.7. The van der Waals surface area contributed by atoms with Gasteiger partial charge >= 0.3 is 0 Å². The number of hydrogen-bond acceptors (Lipinski definition) is 3. The van der Waals surface area contributed by atoms with Crippen molar-refractivity contribution in [1.29, 1.82) is 0 Å². The average Bonchev–Trinajstić information content (AvgIpc) is 3.37. The maximum absolute atomic E-state index is 13.4. The van der Waals surface area contributed by atoms with Crippen LogP contribution in [-0.4, -0.2) is 28.6 Å². The monoisotopic (exact) mass is 457 g/mol. The molecular weight excluding hydrogens is 429 g/mol. The summed E-state index contributed by atoms with van der Waals surface area (Å²) in [7, 11) is 0. The van der Waals surface area contributed by atoms with Gasteiger partial charge in [-0.1, -0.05) is 18.2 Å². The third-order valence-electron chi connectivity index (χ3n) is 6.30. The van der Waals surface area contributed by atoms with E-state index in [9.17, 15) is 9.18 Å². The Morgan fingerprint density at radius 3 is 2.53 bits per heavy atom. The quantitative estimate of drug-likeness (QED) is 0.331. The molecule has 0 spiro atoms. The molecule has 5 nitrogen and oxygen atoms in total. The fourth-order valence-corrected chi connectivity index (χ4v) is 4.82. The van der Waals surface area contributed by atoms with E-state index >= 15 is 0 Å². The zero-order valence-corrected chi connectivity index (χ0v) is 19.5. The Hall–Kier alpha value is -3.67. The number of benzene rings is 3. The van der Waals surface area contributed by atoms with Crippen LogP contribution in [0.15, 0.2) is 66.7 Å². The van der Waals surface area contributed by atoms with Crippen LogP contribution in [0.4, 0.5) is 10.1 Å². The van der Waals surface area contributed by atoms with E-state index in [4.69, 9.17) is 9.72 Å². The van der Waals surface area contributed by atoms with Gasteiger partial charge in [0, 0.05) is 31.1 Å². The first kappa shape index (κ1) is 22.1. The summed E-state index contributed by atoms with van der Waals surface area (Å²) in [4.78, 5) is 19.5. The molecule has 3 aromatic carbocycles. The standard InChI is InChI=1S/C28H28FN3O2/c1-19-14-20(2)16-24(15-19)34-13-5-12-31-26-7-4-3-6-25(26)30-28(31)21-17-27(33)32(18-21)23-10-8-22(29)9-11-23/h3-4,6-11,14-16,21H,5,12-13,17-18H2,1-2H3/t21-/m0/s1. The molecule has 2 heterocycles. The molecular formula is C28H28FN3O2. The van der Waals surface area contributed by atoms with Gasteiger partial charge in [-0.25, -0.2) is 9.37 Å². The molecule has 1 saturated heterocycles. The van der Waals surface area contributed by atoms with E-state index in [1.54, 1.807) is 17.0 Å². The lowest BCUT2D eigenvalue weighted by atomic mass is 10.1. The van der Waals surface area contributed by atoms with Gasteiger partial charge in [0.15, 0.2) is 0 Å². The number of aryl methyl sites for hydroxylation is 3. The first-order chi connectivity index (χ1) is 16.5. The van der Waals surface area contributed by atoms with Gasteiger partial charge in [0.05, 0.1) is 17.6 Å². The summed E-state index contributed by atoms with van der Waals surface area (Å²) in [6, 6.07) is 20.4. The molecule has 1 aliphatic heterocycles. The Balaban J connectivity index is 1.34. The number of halogens is 1. The number of nitrogens with zero attached hydrogens (tertiary/aromatic N) is 3. The number of rotatable bonds is 7. The van der Waals surface area contributed by atoms with Crippen LogP contribution in [0.5, 0.6) is 5.75 Å². The van der Waals surface area contributed by atoms with E-state index in [2.05, 4.69) is 42.7 Å². The van der Waals surface area contributed by atoms with Gasteiger partial charge in [0.2, 0.25) is 5.91 Å². The van der Waals surface area contributed by atoms with Crippen molar-refractivity contribution in [2.45, 2.75) is 39.2 Å². The SMILES string of the molecule is Cc1cc(C)cc(OCCCn2c([C@H]3CC(=O)N(c4ccc(F)cc4)C3)nc3ccccc32)c1. The highest BCUT2D eigenvalue weighted by atomic mass is 19.1. The number of aromatic nitrogens is 2. The Bertz CT molecular complexity index is 1310. The lowest BCUT2D eigenvalue weighted by Crippen LogP contribution is -2.24. The smallest absolute Gasteiger partial charge is 0.227 e. The van der Waals surface area contributed by atoms with Crippen LogP contribution in [0.3, 0.4) is 0 Å². The van der Waals surface area contributed by atoms with Crippen LogP contribution in [-0.2, 0) is 11.3 Å². The molecule has 4 aromatic rings. The van der Waals surface area contributed by atoms with Gasteiger partial charge in [-0.05, 0) is 79.9 Å². The summed E-state index contributed by atoms with van der Waals surface area (Å²) in [5, 5.41) is 0. The van der Waals surface area contributed by atoms with Crippen molar-refractivity contribution >= 4 is 22.6 Å². The van der Waals surface area contributed by atoms with Gasteiger partial charge in [0.25, 0.3) is 0 Å². The van der Waals surface area contributed by atoms with E-state index in [0.29, 0.717) is 19.6 Å². The number of imidazole rings is 1. The zero-order chi connectivity index (χ0) is 23.7. The predicted molar refractivity (Wildman–Crippen MR) is 132 cm³/mol. The summed E-state index contributed by atoms with van der Waals surface area (Å²) in [6.07, 6.45) is 1.21. The summed E-state index contributed by atoms with van der Waals surface area (Å²) in [5.74, 6) is 1.52. The van der Waals surface area contributed by atoms with Crippen molar-refractivity contribution in [3.63, 3.8) is 0 Å². The third kappa shape index (κ3) is 4.53. The second-order valence-electron chi connectivity index (χ2n) is 9.02. The first-order valence-corrected chi connectivity index (χ1v) is 11.7. The minimum atomic E-state index is -0.309. The Morgan fingerprint density at radius 2 is 1.76 bits per heavy atom. The van der Waals surface area contributed by atoms with Crippen molar-refractivity contribution in [2.24, 2.45) is 0 Å². The normalized spacial score (nSPS) is 15.9. The number of para-hydroxylation sites is 2. The number of amides is 1. The van der Waals surface area contributed by atoms with Gasteiger partial charge in [-0.2, -0.15) is 0 Å². The van der Waals surface area contributed by atoms with Crippen LogP contribution in [0, 0.1) is 19.7 Å². The van der Waals surface area contributed by atoms with Gasteiger partial charge < -0.3 is 14.2 Å². The lowest BCUT2D eigenvalue weighted by Gasteiger charge is -2.17. The number of carbonyl (C=O) groups excluding carboxylic acids is 1. The lowest BCUT2D eigenvalue weighted by molar-refractivity contribution is -0.117. The molecule has 1 amide bonds. The number of fused-ring (bicyclic) bond motifs is 1. The van der Waals surface area contributed by atoms with Crippen LogP contribution in [0.25, 0.3) is 11.0 Å². The minimum absolute atomic E-state index is 0.0229. The number of carbonyl (C=O) groups is 1. The Kier molecular flexibility index (Phi) is 6.05. The molecule has 0 unspecified atom stereocenters. The van der Waals surface area contributed by atoms with Gasteiger partial charge in [-0.3, -0.25) is 4.79 Å². The van der Waals surface area contributed by atoms with E-state index in [1.807, 2.05) is 18.2 Å². The van der Waals surface area contributed by atoms with E-state index < -0.39 is 0 Å². The molecule has 5 rings (SSSR count). The highest BCUT2D eigenvalue weighted by Gasteiger charge is 2.34. The van der Waals surface area contributed by atoms with Crippen molar-refractivity contribution in [2.75, 3.05) is 18.1 Å². The number of hydrogen-bond donors (Lipinski definition) is 0. The van der Waals surface area contributed by atoms with Crippen molar-refractivity contribution in [3.8, 4) is 5.75 Å². The van der Waals surface area contributed by atoms with Gasteiger partial charge in [0.1, 0.15) is 17.4 Å². The topological polar surface area (TPSA) is 47.4 Å². The highest BCUT2D eigenvalue weighted by Crippen LogP contribution is 2.33. The zero-order valence-electron chi connectivity index (χ0n) is 19.5. The molecule has 1 aromatic heterocycles. The maximum Gasteiger partial charge on any atom is 0.227 e. The Morgan fingerprint density at radius 1 is 1.03 bits per heavy atom. The van der Waals surface area contributed by atoms with Crippen molar-refractivity contribution in [1.82, 2.24) is 9.55 Å². The van der Waals surface area contributed by atoms with Crippen molar-refractivity contribution < 1.29 is 13.9 Å². The fraction of sp³-hybridized carbons (Fsp3) is 0.286. The molecule has 1 atom stereocenters. The van der Waals surface area contributed by atoms with E-state index in [-0.39, 0.29) is 17.6 Å². The molecule has 34 heavy (non-hydrogen) atoms. The van der Waals surface area contributed by atoms with Crippen LogP contribution in [0.1, 0.15) is 35.7 Å². The largest absolute Gasteiger partial charge is 0.494 e. The van der Waals surface area contributed by atoms with Crippen molar-refractivity contribution in [3.05, 3.63) is 89.5 Å². The average molecular weight is 458 g/mol. The second kappa shape index (κ2) is 9.29. The summed E-state index contributed by atoms with van der Waals surface area (Å²) >= 11 is 0.